The van der Waals surface area contributed by atoms with Gasteiger partial charge in [-0.15, -0.1) is 0 Å². The molecule has 0 aromatic rings. The molecule has 0 amide bonds. The molecular weight excluding hydrogens is 281 g/mol. The summed E-state index contributed by atoms with van der Waals surface area (Å²) >= 11 is 0. The fourth-order valence-corrected chi connectivity index (χ4v) is 0. The van der Waals surface area contributed by atoms with Gasteiger partial charge in [-0.3, -0.25) is 0 Å². The summed E-state index contributed by atoms with van der Waals surface area (Å²) in [6.45, 7) is 0. The predicted molar refractivity (Wildman–Crippen MR) is 16.1 cm³/mol. The molecule has 0 aromatic carbocycles. The van der Waals surface area contributed by atoms with Crippen molar-refractivity contribution in [1.82, 2.24) is 0 Å². The van der Waals surface area contributed by atoms with Crippen molar-refractivity contribution in [3.8, 4) is 0 Å². The maximum Gasteiger partial charge on any atom is 0 e. The zero-order valence-electron chi connectivity index (χ0n) is 2.01. The van der Waals surface area contributed by atoms with Gasteiger partial charge >= 0.3 is 0 Å². The van der Waals surface area contributed by atoms with E-state index in [4.69, 9.17) is 0 Å². The number of rotatable bonds is 0. The van der Waals surface area contributed by atoms with Crippen LogP contribution in [-0.2, 0) is 44.4 Å². The summed E-state index contributed by atoms with van der Waals surface area (Å²) in [6, 6.07) is 0. The molecule has 0 heterocycles. The van der Waals surface area contributed by atoms with Crippen LogP contribution in [0.5, 0.6) is 0 Å². The summed E-state index contributed by atoms with van der Waals surface area (Å²) in [6.07, 6.45) is 0. The molecule has 0 aliphatic carbocycles. The molecule has 0 bridgehead atoms. The van der Waals surface area contributed by atoms with Gasteiger partial charge in [-0.25, -0.2) is 0 Å². The standard InChI is InChI=1S/Cd.Cu.Ge.H2S/h;;;1H2. The Hall–Kier alpha value is 2.33. The van der Waals surface area contributed by atoms with Crippen LogP contribution in [0, 0.1) is 0 Å². The van der Waals surface area contributed by atoms with Crippen molar-refractivity contribution < 1.29 is 44.4 Å². The van der Waals surface area contributed by atoms with Crippen LogP contribution in [0.4, 0.5) is 0 Å². The Bertz CT molecular complexity index is 8.00. The van der Waals surface area contributed by atoms with Crippen LogP contribution < -0.4 is 0 Å². The summed E-state index contributed by atoms with van der Waals surface area (Å²) in [4.78, 5) is 0. The van der Waals surface area contributed by atoms with Crippen molar-refractivity contribution in [2.24, 2.45) is 0 Å². The van der Waals surface area contributed by atoms with E-state index in [0.717, 1.165) is 0 Å². The second-order valence-corrected chi connectivity index (χ2v) is 0. The first-order valence-corrected chi connectivity index (χ1v) is 0. The van der Waals surface area contributed by atoms with E-state index in [9.17, 15) is 0 Å². The first-order chi connectivity index (χ1) is 0. The largest absolute Gasteiger partial charge is 0.197 e. The van der Waals surface area contributed by atoms with Crippen LogP contribution in [0.15, 0.2) is 0 Å². The molecule has 25 valence electrons. The van der Waals surface area contributed by atoms with Gasteiger partial charge in [0.25, 0.3) is 0 Å². The number of hydrogen-bond acceptors (Lipinski definition) is 0. The molecule has 0 nitrogen and oxygen atoms in total. The minimum Gasteiger partial charge on any atom is -0.197 e. The van der Waals surface area contributed by atoms with E-state index in [1.807, 2.05) is 0 Å². The van der Waals surface area contributed by atoms with Crippen LogP contribution >= 0.6 is 13.5 Å². The van der Waals surface area contributed by atoms with Crippen molar-refractivity contribution in [3.05, 3.63) is 0 Å². The first kappa shape index (κ1) is 33.1. The monoisotopic (exact) mass is 285 g/mol. The summed E-state index contributed by atoms with van der Waals surface area (Å²) in [5.41, 5.74) is 0. The molecule has 0 aromatic heterocycles. The smallest absolute Gasteiger partial charge is 0 e. The molecule has 0 unspecified atom stereocenters. The molecule has 0 saturated heterocycles. The molecule has 0 aliphatic rings. The van der Waals surface area contributed by atoms with Gasteiger partial charge in [0.2, 0.25) is 0 Å². The summed E-state index contributed by atoms with van der Waals surface area (Å²) in [5.74, 6) is 0. The third-order valence-electron chi connectivity index (χ3n) is 0. The molecular formula is H2CdCuGeS. The third kappa shape index (κ3) is 8.84. The SMILES string of the molecule is S.[Cd].[Cu].[Ge]. The van der Waals surface area contributed by atoms with Gasteiger partial charge in [-0.05, 0) is 0 Å². The number of hydrogen-bond donors (Lipinski definition) is 0. The molecule has 0 rings (SSSR count). The van der Waals surface area contributed by atoms with Crippen molar-refractivity contribution in [2.45, 2.75) is 0 Å². The van der Waals surface area contributed by atoms with Crippen molar-refractivity contribution >= 4 is 31.1 Å². The summed E-state index contributed by atoms with van der Waals surface area (Å²) in [7, 11) is 0. The second-order valence-electron chi connectivity index (χ2n) is 0. The zero-order chi connectivity index (χ0) is 0. The van der Waals surface area contributed by atoms with Gasteiger partial charge in [0, 0.05) is 62.0 Å². The van der Waals surface area contributed by atoms with E-state index in [-0.39, 0.29) is 75.5 Å². The topological polar surface area (TPSA) is 0 Å². The Morgan fingerprint density at radius 1 is 1.00 bits per heavy atom. The third-order valence-corrected chi connectivity index (χ3v) is 0. The van der Waals surface area contributed by atoms with E-state index in [1.165, 1.54) is 0 Å². The summed E-state index contributed by atoms with van der Waals surface area (Å²) < 4.78 is 0. The average Bonchev–Trinajstić information content (AvgIpc) is 0. The zero-order valence-corrected chi connectivity index (χ0v) is 10.1. The van der Waals surface area contributed by atoms with Crippen molar-refractivity contribution in [1.29, 1.82) is 0 Å². The minimum absolute atomic E-state index is 0. The molecule has 0 fully saturated rings. The van der Waals surface area contributed by atoms with Crippen LogP contribution in [-0.4, -0.2) is 17.6 Å². The van der Waals surface area contributed by atoms with Crippen LogP contribution in [0.25, 0.3) is 0 Å². The molecule has 0 spiro atoms. The van der Waals surface area contributed by atoms with E-state index in [1.54, 1.807) is 0 Å². The fraction of sp³-hybridized carbons (Fsp3) is 0. The quantitative estimate of drug-likeness (QED) is 0.537. The average molecular weight is 283 g/mol. The van der Waals surface area contributed by atoms with Gasteiger partial charge in [-0.1, -0.05) is 0 Å². The predicted octanol–water partition coefficient (Wildman–Crippen LogP) is -0.273. The van der Waals surface area contributed by atoms with E-state index >= 15 is 0 Å². The van der Waals surface area contributed by atoms with E-state index in [0.29, 0.717) is 0 Å². The van der Waals surface area contributed by atoms with Crippen LogP contribution in [0.3, 0.4) is 0 Å². The first-order valence-electron chi connectivity index (χ1n) is 0. The molecule has 0 saturated carbocycles. The summed E-state index contributed by atoms with van der Waals surface area (Å²) in [5, 5.41) is 0. The Labute approximate surface area is 74.5 Å². The van der Waals surface area contributed by atoms with Gasteiger partial charge < -0.3 is 0 Å². The van der Waals surface area contributed by atoms with E-state index in [2.05, 4.69) is 0 Å². The second kappa shape index (κ2) is 18.4. The van der Waals surface area contributed by atoms with Gasteiger partial charge in [0.1, 0.15) is 0 Å². The van der Waals surface area contributed by atoms with Crippen LogP contribution in [0.2, 0.25) is 0 Å². The Balaban J connectivity index is 0. The molecule has 4 heteroatoms. The van der Waals surface area contributed by atoms with Gasteiger partial charge in [0.05, 0.1) is 0 Å². The van der Waals surface area contributed by atoms with Crippen LogP contribution in [0.1, 0.15) is 0 Å². The normalized spacial score (nSPS) is 0. The maximum absolute atomic E-state index is 0. The van der Waals surface area contributed by atoms with Crippen molar-refractivity contribution in [3.63, 3.8) is 0 Å². The fourth-order valence-electron chi connectivity index (χ4n) is 0. The minimum atomic E-state index is 0. The molecule has 0 N–H and O–H groups in total. The van der Waals surface area contributed by atoms with Crippen molar-refractivity contribution in [2.75, 3.05) is 0 Å². The Morgan fingerprint density at radius 2 is 1.00 bits per heavy atom. The Morgan fingerprint density at radius 3 is 1.00 bits per heavy atom. The Kier molecular flexibility index (Phi) is 152. The van der Waals surface area contributed by atoms with E-state index < -0.39 is 0 Å². The van der Waals surface area contributed by atoms with Gasteiger partial charge in [0.15, 0.2) is 0 Å². The maximum atomic E-state index is 0. The molecule has 5 radical (unpaired) electrons. The molecule has 4 heavy (non-hydrogen) atoms. The van der Waals surface area contributed by atoms with Gasteiger partial charge in [-0.2, -0.15) is 13.5 Å². The molecule has 0 atom stereocenters. The molecule has 0 aliphatic heterocycles.